The number of carbonyl (C=O) groups is 2. The van der Waals surface area contributed by atoms with Crippen molar-refractivity contribution in [3.05, 3.63) is 22.4 Å². The number of nitrogens with zero attached hydrogens (tertiary/aromatic N) is 1. The lowest BCUT2D eigenvalue weighted by atomic mass is 9.96. The highest BCUT2D eigenvalue weighted by molar-refractivity contribution is 7.12. The Morgan fingerprint density at radius 1 is 1.18 bits per heavy atom. The van der Waals surface area contributed by atoms with Crippen molar-refractivity contribution >= 4 is 23.0 Å². The molecule has 6 heteroatoms. The van der Waals surface area contributed by atoms with E-state index in [4.69, 9.17) is 9.47 Å². The van der Waals surface area contributed by atoms with E-state index in [2.05, 4.69) is 0 Å². The van der Waals surface area contributed by atoms with Crippen LogP contribution < -0.4 is 0 Å². The minimum Gasteiger partial charge on any atom is -0.350 e. The van der Waals surface area contributed by atoms with Gasteiger partial charge in [-0.05, 0) is 24.3 Å². The summed E-state index contributed by atoms with van der Waals surface area (Å²) in [5, 5.41) is 1.88. The lowest BCUT2D eigenvalue weighted by Crippen LogP contribution is -2.41. The first kappa shape index (κ1) is 15.6. The molecule has 0 aliphatic carbocycles. The molecule has 0 atom stereocenters. The van der Waals surface area contributed by atoms with E-state index in [1.54, 1.807) is 0 Å². The van der Waals surface area contributed by atoms with Crippen LogP contribution >= 0.6 is 11.3 Å². The van der Waals surface area contributed by atoms with Gasteiger partial charge in [-0.1, -0.05) is 6.07 Å². The van der Waals surface area contributed by atoms with E-state index in [0.717, 1.165) is 30.8 Å². The summed E-state index contributed by atoms with van der Waals surface area (Å²) in [4.78, 5) is 26.7. The Balaban J connectivity index is 1.41. The number of carbonyl (C=O) groups excluding carboxylic acids is 2. The van der Waals surface area contributed by atoms with Crippen molar-refractivity contribution in [2.45, 2.75) is 32.0 Å². The molecule has 0 bridgehead atoms. The Morgan fingerprint density at radius 3 is 2.55 bits per heavy atom. The van der Waals surface area contributed by atoms with Crippen LogP contribution in [0.15, 0.2) is 17.5 Å². The molecule has 0 radical (unpaired) electrons. The average molecular weight is 323 g/mol. The fourth-order valence-corrected chi connectivity index (χ4v) is 3.70. The Morgan fingerprint density at radius 2 is 1.91 bits per heavy atom. The second-order valence-corrected chi connectivity index (χ2v) is 6.68. The fourth-order valence-electron chi connectivity index (χ4n) is 3.01. The van der Waals surface area contributed by atoms with Crippen LogP contribution in [0.4, 0.5) is 0 Å². The Labute approximate surface area is 134 Å². The summed E-state index contributed by atoms with van der Waals surface area (Å²) in [6, 6.07) is 3.67. The van der Waals surface area contributed by atoms with Gasteiger partial charge in [0.2, 0.25) is 5.91 Å². The van der Waals surface area contributed by atoms with E-state index < -0.39 is 0 Å². The molecule has 0 aromatic carbocycles. The van der Waals surface area contributed by atoms with Gasteiger partial charge in [0.05, 0.1) is 18.1 Å². The van der Waals surface area contributed by atoms with Crippen molar-refractivity contribution in [2.24, 2.45) is 5.92 Å². The van der Waals surface area contributed by atoms with E-state index >= 15 is 0 Å². The third-order valence-electron chi connectivity index (χ3n) is 4.29. The van der Waals surface area contributed by atoms with Crippen LogP contribution in [0.5, 0.6) is 0 Å². The van der Waals surface area contributed by atoms with Gasteiger partial charge in [-0.2, -0.15) is 0 Å². The fraction of sp³-hybridized carbons (Fsp3) is 0.625. The van der Waals surface area contributed by atoms with E-state index in [9.17, 15) is 9.59 Å². The summed E-state index contributed by atoms with van der Waals surface area (Å²) in [6.07, 6.45) is 2.34. The van der Waals surface area contributed by atoms with Crippen LogP contribution in [0.2, 0.25) is 0 Å². The second-order valence-electron chi connectivity index (χ2n) is 5.73. The van der Waals surface area contributed by atoms with Gasteiger partial charge < -0.3 is 14.4 Å². The van der Waals surface area contributed by atoms with E-state index in [0.29, 0.717) is 32.0 Å². The maximum atomic E-state index is 12.2. The normalized spacial score (nSPS) is 20.5. The first-order chi connectivity index (χ1) is 10.7. The Kier molecular flexibility index (Phi) is 5.23. The SMILES string of the molecule is O=C(CCC(=O)N1CCC(C2OCCO2)CC1)c1cccs1. The van der Waals surface area contributed by atoms with Crippen LogP contribution in [0.3, 0.4) is 0 Å². The molecular formula is C16H21NO4S. The van der Waals surface area contributed by atoms with Crippen molar-refractivity contribution in [1.82, 2.24) is 4.90 Å². The summed E-state index contributed by atoms with van der Waals surface area (Å²) >= 11 is 1.43. The molecule has 1 aromatic heterocycles. The van der Waals surface area contributed by atoms with Gasteiger partial charge in [0.25, 0.3) is 0 Å². The molecule has 5 nitrogen and oxygen atoms in total. The van der Waals surface area contributed by atoms with E-state index in [1.807, 2.05) is 22.4 Å². The van der Waals surface area contributed by atoms with Crippen molar-refractivity contribution in [3.8, 4) is 0 Å². The predicted molar refractivity (Wildman–Crippen MR) is 82.9 cm³/mol. The first-order valence-corrected chi connectivity index (χ1v) is 8.69. The highest BCUT2D eigenvalue weighted by atomic mass is 32.1. The van der Waals surface area contributed by atoms with E-state index in [-0.39, 0.29) is 18.0 Å². The molecule has 0 N–H and O–H groups in total. The van der Waals surface area contributed by atoms with Crippen molar-refractivity contribution in [3.63, 3.8) is 0 Å². The van der Waals surface area contributed by atoms with Crippen molar-refractivity contribution in [2.75, 3.05) is 26.3 Å². The van der Waals surface area contributed by atoms with Crippen LogP contribution in [0, 0.1) is 5.92 Å². The quantitative estimate of drug-likeness (QED) is 0.780. The summed E-state index contributed by atoms with van der Waals surface area (Å²) < 4.78 is 11.1. The number of Topliss-reactive ketones (excluding diaryl/α,β-unsaturated/α-hetero) is 1. The maximum Gasteiger partial charge on any atom is 0.223 e. The third-order valence-corrected chi connectivity index (χ3v) is 5.20. The molecular weight excluding hydrogens is 302 g/mol. The van der Waals surface area contributed by atoms with Gasteiger partial charge in [-0.15, -0.1) is 11.3 Å². The molecule has 0 unspecified atom stereocenters. The topological polar surface area (TPSA) is 55.8 Å². The largest absolute Gasteiger partial charge is 0.350 e. The lowest BCUT2D eigenvalue weighted by Gasteiger charge is -2.33. The van der Waals surface area contributed by atoms with Crippen molar-refractivity contribution in [1.29, 1.82) is 0 Å². The molecule has 2 aliphatic rings. The zero-order valence-electron chi connectivity index (χ0n) is 12.5. The van der Waals surface area contributed by atoms with Crippen LogP contribution in [-0.2, 0) is 14.3 Å². The Hall–Kier alpha value is -1.24. The highest BCUT2D eigenvalue weighted by Crippen LogP contribution is 2.26. The maximum absolute atomic E-state index is 12.2. The Bertz CT molecular complexity index is 502. The molecule has 2 aliphatic heterocycles. The van der Waals surface area contributed by atoms with Gasteiger partial charge >= 0.3 is 0 Å². The standard InChI is InChI=1S/C16H21NO4S/c18-13(14-2-1-11-22-14)3-4-15(19)17-7-5-12(6-8-17)16-20-9-10-21-16/h1-2,11-12,16H,3-10H2. The van der Waals surface area contributed by atoms with Gasteiger partial charge in [0.15, 0.2) is 12.1 Å². The predicted octanol–water partition coefficient (Wildman–Crippen LogP) is 2.32. The minimum absolute atomic E-state index is 0.0611. The summed E-state index contributed by atoms with van der Waals surface area (Å²) in [5.74, 6) is 0.530. The number of piperidine rings is 1. The summed E-state index contributed by atoms with van der Waals surface area (Å²) in [5.41, 5.74) is 0. The molecule has 120 valence electrons. The number of hydrogen-bond acceptors (Lipinski definition) is 5. The number of ether oxygens (including phenoxy) is 2. The summed E-state index contributed by atoms with van der Waals surface area (Å²) in [7, 11) is 0. The zero-order chi connectivity index (χ0) is 15.4. The summed E-state index contributed by atoms with van der Waals surface area (Å²) in [6.45, 7) is 2.82. The monoisotopic (exact) mass is 323 g/mol. The molecule has 0 saturated carbocycles. The molecule has 3 heterocycles. The van der Waals surface area contributed by atoms with Crippen LogP contribution in [0.1, 0.15) is 35.4 Å². The number of amides is 1. The average Bonchev–Trinajstić information content (AvgIpc) is 3.25. The van der Waals surface area contributed by atoms with Gasteiger partial charge in [-0.25, -0.2) is 0 Å². The van der Waals surface area contributed by atoms with E-state index in [1.165, 1.54) is 11.3 Å². The molecule has 2 saturated heterocycles. The van der Waals surface area contributed by atoms with Crippen LogP contribution in [0.25, 0.3) is 0 Å². The zero-order valence-corrected chi connectivity index (χ0v) is 13.3. The smallest absolute Gasteiger partial charge is 0.223 e. The number of likely N-dealkylation sites (tertiary alicyclic amines) is 1. The minimum atomic E-state index is -0.0855. The molecule has 0 spiro atoms. The third kappa shape index (κ3) is 3.74. The first-order valence-electron chi connectivity index (χ1n) is 7.82. The number of rotatable bonds is 5. The van der Waals surface area contributed by atoms with Gasteiger partial charge in [-0.3, -0.25) is 9.59 Å². The lowest BCUT2D eigenvalue weighted by molar-refractivity contribution is -0.136. The number of hydrogen-bond donors (Lipinski definition) is 0. The van der Waals surface area contributed by atoms with Gasteiger partial charge in [0, 0.05) is 31.8 Å². The van der Waals surface area contributed by atoms with Crippen molar-refractivity contribution < 1.29 is 19.1 Å². The highest BCUT2D eigenvalue weighted by Gasteiger charge is 2.31. The molecule has 1 aromatic rings. The number of thiophene rings is 1. The molecule has 3 rings (SSSR count). The second kappa shape index (κ2) is 7.35. The van der Waals surface area contributed by atoms with Crippen LogP contribution in [-0.4, -0.2) is 49.2 Å². The molecule has 22 heavy (non-hydrogen) atoms. The molecule has 2 fully saturated rings. The van der Waals surface area contributed by atoms with Gasteiger partial charge in [0.1, 0.15) is 0 Å². The molecule has 1 amide bonds. The number of ketones is 1.